The molecular formula is C8H11N3O2. The first-order chi connectivity index (χ1) is 5.93. The summed E-state index contributed by atoms with van der Waals surface area (Å²) in [7, 11) is 0. The minimum atomic E-state index is -0.683. The lowest BCUT2D eigenvalue weighted by Crippen LogP contribution is -2.32. The molecule has 5 nitrogen and oxygen atoms in total. The van der Waals surface area contributed by atoms with Crippen molar-refractivity contribution in [3.05, 3.63) is 0 Å². The summed E-state index contributed by atoms with van der Waals surface area (Å²) in [5, 5.41) is 6.97. The van der Waals surface area contributed by atoms with Gasteiger partial charge in [-0.1, -0.05) is 20.8 Å². The van der Waals surface area contributed by atoms with Gasteiger partial charge in [0.05, 0.1) is 0 Å². The Morgan fingerprint density at radius 2 is 1.92 bits per heavy atom. The number of azo groups is 1. The van der Waals surface area contributed by atoms with Gasteiger partial charge in [-0.05, 0) is 0 Å². The van der Waals surface area contributed by atoms with Gasteiger partial charge in [-0.15, -0.1) is 5.11 Å². The van der Waals surface area contributed by atoms with Crippen LogP contribution < -0.4 is 0 Å². The Bertz CT molecular complexity index is 310. The van der Waals surface area contributed by atoms with Crippen molar-refractivity contribution in [2.75, 3.05) is 6.67 Å². The molecule has 0 amide bonds. The van der Waals surface area contributed by atoms with Gasteiger partial charge < -0.3 is 0 Å². The van der Waals surface area contributed by atoms with Gasteiger partial charge in [0.2, 0.25) is 11.6 Å². The van der Waals surface area contributed by atoms with Crippen molar-refractivity contribution in [2.24, 2.45) is 20.6 Å². The van der Waals surface area contributed by atoms with Crippen molar-refractivity contribution < 1.29 is 9.59 Å². The second kappa shape index (κ2) is 3.16. The Morgan fingerprint density at radius 1 is 1.31 bits per heavy atom. The lowest BCUT2D eigenvalue weighted by atomic mass is 9.88. The summed E-state index contributed by atoms with van der Waals surface area (Å²) in [6.07, 6.45) is 0. The zero-order valence-electron chi connectivity index (χ0n) is 7.87. The maximum atomic E-state index is 11.4. The highest BCUT2D eigenvalue weighted by Crippen LogP contribution is 2.16. The fraction of sp³-hybridized carbons (Fsp3) is 0.625. The van der Waals surface area contributed by atoms with E-state index in [1.807, 2.05) is 0 Å². The van der Waals surface area contributed by atoms with Crippen LogP contribution in [0.5, 0.6) is 0 Å². The molecule has 0 saturated heterocycles. The Balaban J connectivity index is 2.80. The molecule has 1 aliphatic heterocycles. The minimum Gasteiger partial charge on any atom is -0.290 e. The molecule has 0 fully saturated rings. The number of hydrogen-bond acceptors (Lipinski definition) is 5. The lowest BCUT2D eigenvalue weighted by Gasteiger charge is -2.13. The molecule has 1 rings (SSSR count). The van der Waals surface area contributed by atoms with E-state index in [-0.39, 0.29) is 12.5 Å². The fourth-order valence-corrected chi connectivity index (χ4v) is 0.788. The molecule has 0 saturated carbocycles. The van der Waals surface area contributed by atoms with Crippen LogP contribution in [0.15, 0.2) is 15.2 Å². The maximum Gasteiger partial charge on any atom is 0.267 e. The molecule has 0 aromatic carbocycles. The van der Waals surface area contributed by atoms with Gasteiger partial charge >= 0.3 is 0 Å². The molecule has 0 aromatic rings. The number of carbonyl (C=O) groups excluding carboxylic acids is 2. The largest absolute Gasteiger partial charge is 0.290 e. The van der Waals surface area contributed by atoms with Crippen LogP contribution in [0, 0.1) is 5.41 Å². The highest BCUT2D eigenvalue weighted by molar-refractivity contribution is 6.65. The first-order valence-electron chi connectivity index (χ1n) is 3.94. The first kappa shape index (κ1) is 9.70. The van der Waals surface area contributed by atoms with Crippen molar-refractivity contribution in [2.45, 2.75) is 20.8 Å². The number of rotatable bonds is 2. The Hall–Kier alpha value is -1.39. The number of hydrogen-bond donors (Lipinski definition) is 0. The van der Waals surface area contributed by atoms with E-state index in [1.54, 1.807) is 20.8 Å². The molecule has 1 heterocycles. The van der Waals surface area contributed by atoms with Gasteiger partial charge in [0.25, 0.3) is 5.78 Å². The molecule has 0 bridgehead atoms. The molecule has 0 aliphatic carbocycles. The Morgan fingerprint density at radius 3 is 2.31 bits per heavy atom. The van der Waals surface area contributed by atoms with Crippen molar-refractivity contribution >= 4 is 17.4 Å². The zero-order chi connectivity index (χ0) is 10.1. The molecule has 0 radical (unpaired) electrons. The molecule has 0 spiro atoms. The van der Waals surface area contributed by atoms with Crippen LogP contribution >= 0.6 is 0 Å². The average Bonchev–Trinajstić information content (AvgIpc) is 2.51. The molecule has 0 atom stereocenters. The number of aliphatic imine (C=N–C) groups is 1. The zero-order valence-corrected chi connectivity index (χ0v) is 7.87. The van der Waals surface area contributed by atoms with Gasteiger partial charge in [-0.25, -0.2) is 4.99 Å². The molecule has 0 N–H and O–H groups in total. The Kier molecular flexibility index (Phi) is 2.36. The number of ketones is 2. The summed E-state index contributed by atoms with van der Waals surface area (Å²) in [5.74, 6) is -1.19. The van der Waals surface area contributed by atoms with Crippen LogP contribution in [0.25, 0.3) is 0 Å². The highest BCUT2D eigenvalue weighted by Gasteiger charge is 2.32. The number of nitrogens with zero attached hydrogens (tertiary/aromatic N) is 3. The predicted molar refractivity (Wildman–Crippen MR) is 46.6 cm³/mol. The van der Waals surface area contributed by atoms with E-state index in [1.165, 1.54) is 0 Å². The predicted octanol–water partition coefficient (Wildman–Crippen LogP) is 0.992. The molecule has 5 heteroatoms. The maximum absolute atomic E-state index is 11.4. The van der Waals surface area contributed by atoms with Crippen molar-refractivity contribution in [3.63, 3.8) is 0 Å². The molecular weight excluding hydrogens is 170 g/mol. The number of carbonyl (C=O) groups is 2. The van der Waals surface area contributed by atoms with E-state index in [0.29, 0.717) is 0 Å². The molecule has 70 valence electrons. The third kappa shape index (κ3) is 2.05. The van der Waals surface area contributed by atoms with E-state index in [9.17, 15) is 9.59 Å². The Labute approximate surface area is 76.0 Å². The van der Waals surface area contributed by atoms with Crippen LogP contribution in [0.1, 0.15) is 20.8 Å². The van der Waals surface area contributed by atoms with Crippen LogP contribution in [0.3, 0.4) is 0 Å². The summed E-state index contributed by atoms with van der Waals surface area (Å²) in [5.41, 5.74) is -0.683. The van der Waals surface area contributed by atoms with Gasteiger partial charge in [0.15, 0.2) is 6.67 Å². The third-order valence-electron chi connectivity index (χ3n) is 1.54. The molecule has 0 unspecified atom stereocenters. The topological polar surface area (TPSA) is 71.2 Å². The average molecular weight is 181 g/mol. The normalized spacial score (nSPS) is 15.8. The quantitative estimate of drug-likeness (QED) is 0.596. The lowest BCUT2D eigenvalue weighted by molar-refractivity contribution is -0.137. The summed E-state index contributed by atoms with van der Waals surface area (Å²) in [6.45, 7) is 5.19. The van der Waals surface area contributed by atoms with Crippen LogP contribution in [-0.2, 0) is 9.59 Å². The SMILES string of the molecule is CC(C)(C)C(=O)C(=O)C1=NCN=N1. The number of amidine groups is 1. The van der Waals surface area contributed by atoms with Crippen molar-refractivity contribution in [1.29, 1.82) is 0 Å². The molecule has 1 aliphatic rings. The van der Waals surface area contributed by atoms with Crippen molar-refractivity contribution in [3.8, 4) is 0 Å². The summed E-state index contributed by atoms with van der Waals surface area (Å²) < 4.78 is 0. The monoisotopic (exact) mass is 181 g/mol. The van der Waals surface area contributed by atoms with Crippen LogP contribution in [-0.4, -0.2) is 24.1 Å². The fourth-order valence-electron chi connectivity index (χ4n) is 0.788. The number of Topliss-reactive ketones (excluding diaryl/α,β-unsaturated/α-hetero) is 2. The third-order valence-corrected chi connectivity index (χ3v) is 1.54. The van der Waals surface area contributed by atoms with E-state index in [0.717, 1.165) is 0 Å². The smallest absolute Gasteiger partial charge is 0.267 e. The van der Waals surface area contributed by atoms with Crippen LogP contribution in [0.2, 0.25) is 0 Å². The summed E-state index contributed by atoms with van der Waals surface area (Å²) in [4.78, 5) is 26.5. The summed E-state index contributed by atoms with van der Waals surface area (Å²) >= 11 is 0. The van der Waals surface area contributed by atoms with Gasteiger partial charge in [-0.2, -0.15) is 5.11 Å². The standard InChI is InChI=1S/C8H11N3O2/c1-8(2,3)6(13)5(12)7-9-4-10-11-7/h4H2,1-3H3. The first-order valence-corrected chi connectivity index (χ1v) is 3.94. The highest BCUT2D eigenvalue weighted by atomic mass is 16.2. The van der Waals surface area contributed by atoms with E-state index in [2.05, 4.69) is 15.2 Å². The van der Waals surface area contributed by atoms with E-state index < -0.39 is 17.0 Å². The van der Waals surface area contributed by atoms with Gasteiger partial charge in [0.1, 0.15) is 0 Å². The van der Waals surface area contributed by atoms with E-state index >= 15 is 0 Å². The summed E-state index contributed by atoms with van der Waals surface area (Å²) in [6, 6.07) is 0. The van der Waals surface area contributed by atoms with Gasteiger partial charge in [-0.3, -0.25) is 9.59 Å². The minimum absolute atomic E-state index is 0.0695. The molecule has 13 heavy (non-hydrogen) atoms. The van der Waals surface area contributed by atoms with Gasteiger partial charge in [0, 0.05) is 5.41 Å². The van der Waals surface area contributed by atoms with Crippen molar-refractivity contribution in [1.82, 2.24) is 0 Å². The van der Waals surface area contributed by atoms with Crippen LogP contribution in [0.4, 0.5) is 0 Å². The van der Waals surface area contributed by atoms with E-state index in [4.69, 9.17) is 0 Å². The second-order valence-electron chi connectivity index (χ2n) is 3.77. The molecule has 0 aromatic heterocycles. The second-order valence-corrected chi connectivity index (χ2v) is 3.77.